The first-order valence-corrected chi connectivity index (χ1v) is 4.55. The maximum atomic E-state index is 10.7. The van der Waals surface area contributed by atoms with E-state index in [2.05, 4.69) is 5.32 Å². The highest BCUT2D eigenvalue weighted by atomic mass is 16.6. The van der Waals surface area contributed by atoms with Crippen LogP contribution in [0.1, 0.15) is 6.92 Å². The summed E-state index contributed by atoms with van der Waals surface area (Å²) in [7, 11) is 0. The second kappa shape index (κ2) is 4.86. The molecule has 7 nitrogen and oxygen atoms in total. The normalized spacial score (nSPS) is 37.7. The van der Waals surface area contributed by atoms with E-state index in [0.29, 0.717) is 0 Å². The first-order chi connectivity index (χ1) is 6.97. The van der Waals surface area contributed by atoms with E-state index in [0.717, 1.165) is 0 Å². The number of rotatable bonds is 3. The van der Waals surface area contributed by atoms with Crippen LogP contribution in [0.25, 0.3) is 0 Å². The maximum Gasteiger partial charge on any atom is 0.217 e. The highest BCUT2D eigenvalue weighted by Crippen LogP contribution is 2.22. The summed E-state index contributed by atoms with van der Waals surface area (Å²) in [4.78, 5) is 10.7. The highest BCUT2D eigenvalue weighted by molar-refractivity contribution is 5.73. The van der Waals surface area contributed by atoms with Gasteiger partial charge in [0.05, 0.1) is 6.61 Å². The smallest absolute Gasteiger partial charge is 0.217 e. The maximum absolute atomic E-state index is 10.7. The van der Waals surface area contributed by atoms with E-state index in [1.54, 1.807) is 0 Å². The average Bonchev–Trinajstić information content (AvgIpc) is 2.44. The summed E-state index contributed by atoms with van der Waals surface area (Å²) in [5.74, 6) is -0.430. The molecule has 1 rings (SSSR count). The number of carbonyl (C=O) groups excluding carboxylic acids is 1. The molecule has 0 aromatic rings. The standard InChI is InChI=1S/C8H15NO6/c1-3(11)9-5-6(13)7(4(12)2-10)15-8(5)14/h4-8,10,12-14H,2H2,1H3,(H,9,11)/t4-,5-,6+,7+,8-/m0/s1. The Kier molecular flexibility index (Phi) is 4.00. The van der Waals surface area contributed by atoms with Crippen LogP contribution < -0.4 is 5.32 Å². The van der Waals surface area contributed by atoms with Crippen LogP contribution in [-0.4, -0.2) is 63.6 Å². The fourth-order valence-electron chi connectivity index (χ4n) is 1.51. The zero-order valence-electron chi connectivity index (χ0n) is 8.20. The number of nitrogens with one attached hydrogen (secondary N) is 1. The molecule has 0 aliphatic carbocycles. The summed E-state index contributed by atoms with van der Waals surface area (Å²) in [6.07, 6.45) is -5.06. The van der Waals surface area contributed by atoms with E-state index in [1.165, 1.54) is 6.92 Å². The molecule has 88 valence electrons. The van der Waals surface area contributed by atoms with Crippen molar-refractivity contribution in [3.8, 4) is 0 Å². The Balaban J connectivity index is 2.65. The van der Waals surface area contributed by atoms with Crippen molar-refractivity contribution in [2.75, 3.05) is 6.61 Å². The van der Waals surface area contributed by atoms with Crippen molar-refractivity contribution < 1.29 is 30.0 Å². The Morgan fingerprint density at radius 1 is 1.53 bits per heavy atom. The first-order valence-electron chi connectivity index (χ1n) is 4.55. The van der Waals surface area contributed by atoms with Gasteiger partial charge < -0.3 is 30.5 Å². The van der Waals surface area contributed by atoms with Crippen LogP contribution in [0.15, 0.2) is 0 Å². The number of carbonyl (C=O) groups is 1. The number of hydrogen-bond acceptors (Lipinski definition) is 6. The molecular weight excluding hydrogens is 206 g/mol. The Bertz CT molecular complexity index is 235. The van der Waals surface area contributed by atoms with Gasteiger partial charge in [0.15, 0.2) is 6.29 Å². The molecule has 0 saturated carbocycles. The molecule has 1 aliphatic heterocycles. The molecule has 0 unspecified atom stereocenters. The molecule has 5 atom stereocenters. The first kappa shape index (κ1) is 12.3. The zero-order chi connectivity index (χ0) is 11.6. The van der Waals surface area contributed by atoms with E-state index >= 15 is 0 Å². The molecule has 1 amide bonds. The van der Waals surface area contributed by atoms with Crippen LogP contribution in [0.4, 0.5) is 0 Å². The van der Waals surface area contributed by atoms with Crippen molar-refractivity contribution in [3.63, 3.8) is 0 Å². The van der Waals surface area contributed by atoms with Gasteiger partial charge in [0.2, 0.25) is 5.91 Å². The molecule has 0 spiro atoms. The summed E-state index contributed by atoms with van der Waals surface area (Å²) in [6, 6.07) is -0.992. The van der Waals surface area contributed by atoms with Gasteiger partial charge in [-0.1, -0.05) is 0 Å². The topological polar surface area (TPSA) is 119 Å². The van der Waals surface area contributed by atoms with Crippen LogP contribution in [0, 0.1) is 0 Å². The van der Waals surface area contributed by atoms with Crippen molar-refractivity contribution in [1.29, 1.82) is 0 Å². The molecule has 1 fully saturated rings. The van der Waals surface area contributed by atoms with Crippen LogP contribution in [0.2, 0.25) is 0 Å². The third-order valence-electron chi connectivity index (χ3n) is 2.24. The number of aliphatic hydroxyl groups excluding tert-OH is 4. The van der Waals surface area contributed by atoms with Crippen molar-refractivity contribution in [2.45, 2.75) is 37.6 Å². The lowest BCUT2D eigenvalue weighted by molar-refractivity contribution is -0.141. The Hall–Kier alpha value is -0.730. The summed E-state index contributed by atoms with van der Waals surface area (Å²) in [6.45, 7) is 0.635. The minimum Gasteiger partial charge on any atom is -0.394 e. The SMILES string of the molecule is CC(=O)N[C@H]1[C@@H](O)[C@@H]([C@@H](O)CO)O[C@@H]1O. The third kappa shape index (κ3) is 2.64. The molecule has 1 aliphatic rings. The summed E-state index contributed by atoms with van der Waals surface area (Å²) in [5, 5.41) is 39.1. The Labute approximate surface area is 86.3 Å². The summed E-state index contributed by atoms with van der Waals surface area (Å²) >= 11 is 0. The van der Waals surface area contributed by atoms with Crippen LogP contribution in [-0.2, 0) is 9.53 Å². The van der Waals surface area contributed by atoms with Gasteiger partial charge in [0.1, 0.15) is 24.4 Å². The van der Waals surface area contributed by atoms with Gasteiger partial charge in [-0.15, -0.1) is 0 Å². The quantitative estimate of drug-likeness (QED) is 0.345. The van der Waals surface area contributed by atoms with Crippen molar-refractivity contribution in [1.82, 2.24) is 5.32 Å². The molecule has 1 saturated heterocycles. The predicted octanol–water partition coefficient (Wildman–Crippen LogP) is -3.08. The number of hydrogen-bond donors (Lipinski definition) is 5. The number of amides is 1. The van der Waals surface area contributed by atoms with Gasteiger partial charge in [-0.25, -0.2) is 0 Å². The molecule has 5 N–H and O–H groups in total. The van der Waals surface area contributed by atoms with Gasteiger partial charge in [-0.3, -0.25) is 4.79 Å². The van der Waals surface area contributed by atoms with Crippen molar-refractivity contribution in [3.05, 3.63) is 0 Å². The lowest BCUT2D eigenvalue weighted by atomic mass is 10.0. The van der Waals surface area contributed by atoms with E-state index in [1.807, 2.05) is 0 Å². The predicted molar refractivity (Wildman–Crippen MR) is 47.6 cm³/mol. The van der Waals surface area contributed by atoms with E-state index in [-0.39, 0.29) is 0 Å². The minimum absolute atomic E-state index is 0.430. The largest absolute Gasteiger partial charge is 0.394 e. The molecule has 0 bridgehead atoms. The summed E-state index contributed by atoms with van der Waals surface area (Å²) in [5.41, 5.74) is 0. The molecule has 15 heavy (non-hydrogen) atoms. The van der Waals surface area contributed by atoms with Crippen molar-refractivity contribution >= 4 is 5.91 Å². The lowest BCUT2D eigenvalue weighted by Gasteiger charge is -2.20. The van der Waals surface area contributed by atoms with Crippen LogP contribution in [0.5, 0.6) is 0 Å². The molecule has 0 aromatic heterocycles. The third-order valence-corrected chi connectivity index (χ3v) is 2.24. The molecule has 1 heterocycles. The second-order valence-electron chi connectivity index (χ2n) is 3.46. The minimum atomic E-state index is -1.39. The van der Waals surface area contributed by atoms with Crippen LogP contribution >= 0.6 is 0 Å². The van der Waals surface area contributed by atoms with E-state index in [9.17, 15) is 20.1 Å². The lowest BCUT2D eigenvalue weighted by Crippen LogP contribution is -2.48. The molecule has 0 aromatic carbocycles. The zero-order valence-corrected chi connectivity index (χ0v) is 8.20. The van der Waals surface area contributed by atoms with Crippen LogP contribution in [0.3, 0.4) is 0 Å². The van der Waals surface area contributed by atoms with Gasteiger partial charge in [0, 0.05) is 6.92 Å². The molecule has 0 radical (unpaired) electrons. The second-order valence-corrected chi connectivity index (χ2v) is 3.46. The highest BCUT2D eigenvalue weighted by Gasteiger charge is 2.46. The molecular formula is C8H15NO6. The average molecular weight is 221 g/mol. The van der Waals surface area contributed by atoms with Gasteiger partial charge in [-0.05, 0) is 0 Å². The fraction of sp³-hybridized carbons (Fsp3) is 0.875. The van der Waals surface area contributed by atoms with E-state index < -0.39 is 43.2 Å². The van der Waals surface area contributed by atoms with E-state index in [4.69, 9.17) is 9.84 Å². The molecule has 7 heteroatoms. The number of ether oxygens (including phenoxy) is 1. The fourth-order valence-corrected chi connectivity index (χ4v) is 1.51. The number of aliphatic hydroxyl groups is 4. The summed E-state index contributed by atoms with van der Waals surface area (Å²) < 4.78 is 4.82. The van der Waals surface area contributed by atoms with Gasteiger partial charge in [-0.2, -0.15) is 0 Å². The van der Waals surface area contributed by atoms with Gasteiger partial charge >= 0.3 is 0 Å². The monoisotopic (exact) mass is 221 g/mol. The Morgan fingerprint density at radius 2 is 2.13 bits per heavy atom. The van der Waals surface area contributed by atoms with Gasteiger partial charge in [0.25, 0.3) is 0 Å². The Morgan fingerprint density at radius 3 is 2.60 bits per heavy atom. The van der Waals surface area contributed by atoms with Crippen molar-refractivity contribution in [2.24, 2.45) is 0 Å².